The number of aromatic nitrogens is 4. The molecule has 254 valence electrons. The number of carbonyl (C=O) groups is 2. The minimum Gasteiger partial charge on any atom is -0.474 e. The topological polar surface area (TPSA) is 132 Å². The van der Waals surface area contributed by atoms with Crippen LogP contribution in [-0.2, 0) is 17.0 Å². The summed E-state index contributed by atoms with van der Waals surface area (Å²) in [6, 6.07) is 11.3. The third kappa shape index (κ3) is 6.73. The molecule has 11 nitrogen and oxygen atoms in total. The molecule has 1 aliphatic heterocycles. The van der Waals surface area contributed by atoms with Crippen molar-refractivity contribution < 1.29 is 28.2 Å². The second-order valence-corrected chi connectivity index (χ2v) is 20.0. The van der Waals surface area contributed by atoms with Gasteiger partial charge in [0.15, 0.2) is 8.32 Å². The highest BCUT2D eigenvalue weighted by Gasteiger charge is 2.59. The Morgan fingerprint density at radius 2 is 1.75 bits per heavy atom. The van der Waals surface area contributed by atoms with E-state index in [1.165, 1.54) is 23.5 Å². The molecule has 6 rings (SSSR count). The van der Waals surface area contributed by atoms with Crippen molar-refractivity contribution in [2.45, 2.75) is 57.5 Å². The molecule has 0 spiro atoms. The van der Waals surface area contributed by atoms with E-state index in [0.29, 0.717) is 47.2 Å². The van der Waals surface area contributed by atoms with Crippen LogP contribution in [0.4, 0.5) is 9.18 Å². The highest BCUT2D eigenvalue weighted by Crippen LogP contribution is 2.48. The minimum absolute atomic E-state index is 0.0811. The summed E-state index contributed by atoms with van der Waals surface area (Å²) < 4.78 is 28.4. The Labute approximate surface area is 284 Å². The number of aryl methyl sites for hydroxylation is 1. The zero-order chi connectivity index (χ0) is 34.6. The molecule has 1 saturated heterocycles. The number of halogens is 1. The van der Waals surface area contributed by atoms with E-state index in [2.05, 4.69) is 49.3 Å². The number of thiazole rings is 1. The summed E-state index contributed by atoms with van der Waals surface area (Å²) >= 11 is 1.47. The Kier molecular flexibility index (Phi) is 8.71. The lowest BCUT2D eigenvalue weighted by atomic mass is 9.92. The number of piperidine rings is 1. The third-order valence-corrected chi connectivity index (χ3v) is 15.0. The fourth-order valence-electron chi connectivity index (χ4n) is 5.87. The smallest absolute Gasteiger partial charge is 0.405 e. The zero-order valence-electron chi connectivity index (χ0n) is 28.2. The van der Waals surface area contributed by atoms with Crippen molar-refractivity contribution in [1.29, 1.82) is 0 Å². The van der Waals surface area contributed by atoms with Crippen LogP contribution in [-0.4, -0.2) is 75.9 Å². The molecule has 1 aliphatic carbocycles. The SMILES string of the molecule is Cn1nc(-c2cscn2)cc1C(=O)N1C[C@@H]2C(Oc3cc(C(C)(CO[Si](C)(C)C(C)(C)C)NC(=O)O)cc(-c4ccc(F)cc4)n3)[C@@H]2C1. The second-order valence-electron chi connectivity index (χ2n) is 14.4. The molecule has 0 bridgehead atoms. The molecule has 4 aromatic rings. The van der Waals surface area contributed by atoms with Crippen LogP contribution in [0.25, 0.3) is 22.6 Å². The van der Waals surface area contributed by atoms with Crippen LogP contribution in [0.5, 0.6) is 5.88 Å². The van der Waals surface area contributed by atoms with Crippen molar-refractivity contribution in [2.75, 3.05) is 19.7 Å². The lowest BCUT2D eigenvalue weighted by Gasteiger charge is -2.40. The number of amides is 2. The Bertz CT molecular complexity index is 1810. The van der Waals surface area contributed by atoms with Gasteiger partial charge in [0.1, 0.15) is 29.0 Å². The lowest BCUT2D eigenvalue weighted by Crippen LogP contribution is -2.51. The molecule has 2 N–H and O–H groups in total. The number of carbonyl (C=O) groups excluding carboxylic acids is 1. The maximum atomic E-state index is 13.8. The first kappa shape index (κ1) is 33.7. The Morgan fingerprint density at radius 3 is 2.35 bits per heavy atom. The summed E-state index contributed by atoms with van der Waals surface area (Å²) in [5.41, 5.74) is 4.29. The largest absolute Gasteiger partial charge is 0.474 e. The van der Waals surface area contributed by atoms with E-state index < -0.39 is 19.9 Å². The minimum atomic E-state index is -2.25. The zero-order valence-corrected chi connectivity index (χ0v) is 30.0. The van der Waals surface area contributed by atoms with Gasteiger partial charge in [-0.2, -0.15) is 5.10 Å². The number of ether oxygens (including phenoxy) is 1. The third-order valence-electron chi connectivity index (χ3n) is 9.94. The number of rotatable bonds is 10. The molecule has 4 heterocycles. The molecule has 4 atom stereocenters. The fraction of sp³-hybridized carbons (Fsp3) is 0.441. The number of nitrogens with zero attached hydrogens (tertiary/aromatic N) is 5. The molecule has 2 amide bonds. The number of hydrogen-bond donors (Lipinski definition) is 2. The molecular weight excluding hydrogens is 652 g/mol. The maximum Gasteiger partial charge on any atom is 0.405 e. The van der Waals surface area contributed by atoms with Crippen LogP contribution in [0.3, 0.4) is 0 Å². The van der Waals surface area contributed by atoms with Crippen LogP contribution in [0, 0.1) is 17.7 Å². The van der Waals surface area contributed by atoms with Crippen LogP contribution >= 0.6 is 11.3 Å². The summed E-state index contributed by atoms with van der Waals surface area (Å²) in [7, 11) is -0.489. The van der Waals surface area contributed by atoms with Gasteiger partial charge in [0.05, 0.1) is 23.4 Å². The Hall–Kier alpha value is -4.14. The van der Waals surface area contributed by atoms with Gasteiger partial charge in [-0.3, -0.25) is 9.48 Å². The van der Waals surface area contributed by atoms with Gasteiger partial charge in [-0.1, -0.05) is 20.8 Å². The van der Waals surface area contributed by atoms with E-state index in [-0.39, 0.29) is 41.3 Å². The summed E-state index contributed by atoms with van der Waals surface area (Å²) in [4.78, 5) is 36.4. The van der Waals surface area contributed by atoms with Gasteiger partial charge >= 0.3 is 6.09 Å². The van der Waals surface area contributed by atoms with E-state index >= 15 is 0 Å². The molecule has 14 heteroatoms. The number of carboxylic acid groups (broad SMARTS) is 1. The van der Waals surface area contributed by atoms with Crippen LogP contribution in [0.15, 0.2) is 53.4 Å². The highest BCUT2D eigenvalue weighted by molar-refractivity contribution is 7.07. The number of benzene rings is 1. The summed E-state index contributed by atoms with van der Waals surface area (Å²) in [5.74, 6) is 0.125. The van der Waals surface area contributed by atoms with Gasteiger partial charge < -0.3 is 24.5 Å². The van der Waals surface area contributed by atoms with Crippen molar-refractivity contribution in [3.05, 3.63) is 70.4 Å². The summed E-state index contributed by atoms with van der Waals surface area (Å²) in [6.45, 7) is 13.6. The quantitative estimate of drug-likeness (QED) is 0.183. The van der Waals surface area contributed by atoms with E-state index in [1.54, 1.807) is 54.5 Å². The average molecular weight is 693 g/mol. The van der Waals surface area contributed by atoms with Crippen molar-refractivity contribution in [3.63, 3.8) is 0 Å². The molecule has 2 unspecified atom stereocenters. The molecule has 2 fully saturated rings. The number of likely N-dealkylation sites (tertiary alicyclic amines) is 1. The second kappa shape index (κ2) is 12.4. The first-order valence-electron chi connectivity index (χ1n) is 15.9. The number of nitrogens with one attached hydrogen (secondary N) is 1. The van der Waals surface area contributed by atoms with Gasteiger partial charge in [0.2, 0.25) is 5.88 Å². The maximum absolute atomic E-state index is 13.8. The Morgan fingerprint density at radius 1 is 1.06 bits per heavy atom. The summed E-state index contributed by atoms with van der Waals surface area (Å²) in [5, 5.41) is 18.9. The predicted octanol–water partition coefficient (Wildman–Crippen LogP) is 6.40. The first-order chi connectivity index (χ1) is 22.5. The Balaban J connectivity index is 1.23. The van der Waals surface area contributed by atoms with Crippen LogP contribution in [0.2, 0.25) is 18.1 Å². The van der Waals surface area contributed by atoms with Gasteiger partial charge in [-0.05, 0) is 67.0 Å². The monoisotopic (exact) mass is 692 g/mol. The standard InChI is InChI=1S/C34H41FN6O5SSi/c1-33(2,3)48(6,7)45-18-34(4,38-32(43)44)21-12-25(20-8-10-22(35)11-9-20)37-29(13-21)46-30-23-15-41(16-24(23)30)31(42)28-14-26(39-40(28)5)27-17-47-19-36-27/h8-14,17,19,23-24,30,38H,15-16,18H2,1-7H3,(H,43,44)/t23-,24+,30?,34?. The number of hydrogen-bond acceptors (Lipinski definition) is 8. The van der Waals surface area contributed by atoms with Crippen molar-refractivity contribution in [2.24, 2.45) is 18.9 Å². The van der Waals surface area contributed by atoms with E-state index in [1.807, 2.05) is 10.3 Å². The van der Waals surface area contributed by atoms with Gasteiger partial charge in [-0.15, -0.1) is 11.3 Å². The summed E-state index contributed by atoms with van der Waals surface area (Å²) in [6.07, 6.45) is -1.34. The average Bonchev–Trinajstić information content (AvgIpc) is 3.52. The fourth-order valence-corrected chi connectivity index (χ4v) is 7.50. The van der Waals surface area contributed by atoms with E-state index in [9.17, 15) is 19.1 Å². The van der Waals surface area contributed by atoms with Crippen molar-refractivity contribution in [1.82, 2.24) is 30.0 Å². The van der Waals surface area contributed by atoms with Crippen LogP contribution < -0.4 is 10.1 Å². The molecule has 48 heavy (non-hydrogen) atoms. The van der Waals surface area contributed by atoms with Gasteiger partial charge in [0, 0.05) is 49.0 Å². The first-order valence-corrected chi connectivity index (χ1v) is 19.7. The van der Waals surface area contributed by atoms with E-state index in [4.69, 9.17) is 14.1 Å². The highest BCUT2D eigenvalue weighted by atomic mass is 32.1. The molecular formula is C34H41FN6O5SSi. The molecule has 3 aromatic heterocycles. The van der Waals surface area contributed by atoms with Crippen molar-refractivity contribution >= 4 is 31.7 Å². The molecule has 0 radical (unpaired) electrons. The van der Waals surface area contributed by atoms with Crippen molar-refractivity contribution in [3.8, 4) is 28.5 Å². The number of pyridine rings is 1. The normalized spacial score (nSPS) is 20.2. The molecule has 1 aromatic carbocycles. The molecule has 1 saturated carbocycles. The van der Waals surface area contributed by atoms with Gasteiger partial charge in [0.25, 0.3) is 5.91 Å². The predicted molar refractivity (Wildman–Crippen MR) is 183 cm³/mol. The molecule has 2 aliphatic rings. The van der Waals surface area contributed by atoms with Crippen LogP contribution in [0.1, 0.15) is 43.7 Å². The van der Waals surface area contributed by atoms with E-state index in [0.717, 1.165) is 5.69 Å². The number of fused-ring (bicyclic) bond motifs is 1. The van der Waals surface area contributed by atoms with Gasteiger partial charge in [-0.25, -0.2) is 19.2 Å². The lowest BCUT2D eigenvalue weighted by molar-refractivity contribution is 0.0740.